The molecular formula is C17H17FN2O4. The van der Waals surface area contributed by atoms with E-state index in [1.807, 2.05) is 0 Å². The van der Waals surface area contributed by atoms with Crippen molar-refractivity contribution < 1.29 is 18.8 Å². The van der Waals surface area contributed by atoms with Crippen LogP contribution < -0.4 is 10.1 Å². The Morgan fingerprint density at radius 1 is 1.33 bits per heavy atom. The number of benzene rings is 2. The Balaban J connectivity index is 2.29. The number of nitro groups is 1. The third-order valence-electron chi connectivity index (χ3n) is 3.70. The second kappa shape index (κ2) is 7.08. The summed E-state index contributed by atoms with van der Waals surface area (Å²) in [5.74, 6) is -1.000. The summed E-state index contributed by atoms with van der Waals surface area (Å²) in [7, 11) is 1.35. The predicted octanol–water partition coefficient (Wildman–Crippen LogP) is 3.54. The molecule has 0 radical (unpaired) electrons. The van der Waals surface area contributed by atoms with Gasteiger partial charge in [0.1, 0.15) is 5.56 Å². The zero-order valence-electron chi connectivity index (χ0n) is 13.5. The first-order valence-electron chi connectivity index (χ1n) is 7.23. The molecule has 0 fully saturated rings. The first-order valence-corrected chi connectivity index (χ1v) is 7.23. The molecule has 126 valence electrons. The second-order valence-corrected chi connectivity index (χ2v) is 5.32. The normalized spacial score (nSPS) is 11.7. The van der Waals surface area contributed by atoms with Crippen molar-refractivity contribution in [3.05, 3.63) is 69.0 Å². The quantitative estimate of drug-likeness (QED) is 0.671. The van der Waals surface area contributed by atoms with Crippen LogP contribution in [0.5, 0.6) is 5.75 Å². The molecule has 2 aromatic rings. The standard InChI is InChI=1S/C17H17FN2O4/c1-10-5-4-6-14(20(22)23)16(10)17(21)19-11(2)12-7-8-13(18)15(9-12)24-3/h4-9,11H,1-3H3,(H,19,21). The monoisotopic (exact) mass is 332 g/mol. The lowest BCUT2D eigenvalue weighted by molar-refractivity contribution is -0.385. The SMILES string of the molecule is COc1cc(C(C)NC(=O)c2c(C)cccc2[N+](=O)[O-])ccc1F. The molecule has 0 saturated heterocycles. The molecule has 0 saturated carbocycles. The van der Waals surface area contributed by atoms with Gasteiger partial charge in [-0.1, -0.05) is 18.2 Å². The first-order chi connectivity index (χ1) is 11.3. The number of methoxy groups -OCH3 is 1. The van der Waals surface area contributed by atoms with Gasteiger partial charge in [0.2, 0.25) is 0 Å². The van der Waals surface area contributed by atoms with E-state index < -0.39 is 22.7 Å². The second-order valence-electron chi connectivity index (χ2n) is 5.32. The smallest absolute Gasteiger partial charge is 0.282 e. The summed E-state index contributed by atoms with van der Waals surface area (Å²) in [6.07, 6.45) is 0. The van der Waals surface area contributed by atoms with Crippen molar-refractivity contribution in [2.75, 3.05) is 7.11 Å². The number of aryl methyl sites for hydroxylation is 1. The lowest BCUT2D eigenvalue weighted by atomic mass is 10.0. The first kappa shape index (κ1) is 17.4. The summed E-state index contributed by atoms with van der Waals surface area (Å²) >= 11 is 0. The van der Waals surface area contributed by atoms with Crippen molar-refractivity contribution in [2.24, 2.45) is 0 Å². The van der Waals surface area contributed by atoms with Crippen molar-refractivity contribution in [1.29, 1.82) is 0 Å². The maximum absolute atomic E-state index is 13.5. The Kier molecular flexibility index (Phi) is 5.13. The molecule has 2 aromatic carbocycles. The summed E-state index contributed by atoms with van der Waals surface area (Å²) < 4.78 is 18.4. The van der Waals surface area contributed by atoms with Gasteiger partial charge in [0.15, 0.2) is 11.6 Å². The van der Waals surface area contributed by atoms with Crippen LogP contribution in [0.25, 0.3) is 0 Å². The molecule has 0 bridgehead atoms. The van der Waals surface area contributed by atoms with Gasteiger partial charge in [-0.15, -0.1) is 0 Å². The van der Waals surface area contributed by atoms with Gasteiger partial charge in [-0.25, -0.2) is 4.39 Å². The number of amides is 1. The largest absolute Gasteiger partial charge is 0.494 e. The molecule has 2 rings (SSSR count). The highest BCUT2D eigenvalue weighted by Gasteiger charge is 2.23. The van der Waals surface area contributed by atoms with Crippen LogP contribution in [0.3, 0.4) is 0 Å². The van der Waals surface area contributed by atoms with Gasteiger partial charge < -0.3 is 10.1 Å². The molecule has 0 spiro atoms. The molecule has 0 aliphatic carbocycles. The van der Waals surface area contributed by atoms with Gasteiger partial charge in [-0.05, 0) is 37.1 Å². The molecule has 1 N–H and O–H groups in total. The Bertz CT molecular complexity index is 792. The molecular weight excluding hydrogens is 315 g/mol. The minimum absolute atomic E-state index is 0.0171. The van der Waals surface area contributed by atoms with E-state index in [2.05, 4.69) is 5.32 Å². The van der Waals surface area contributed by atoms with E-state index in [1.54, 1.807) is 19.9 Å². The fraction of sp³-hybridized carbons (Fsp3) is 0.235. The van der Waals surface area contributed by atoms with E-state index in [-0.39, 0.29) is 17.0 Å². The third-order valence-corrected chi connectivity index (χ3v) is 3.70. The van der Waals surface area contributed by atoms with Gasteiger partial charge in [-0.3, -0.25) is 14.9 Å². The van der Waals surface area contributed by atoms with Crippen LogP contribution in [-0.4, -0.2) is 17.9 Å². The van der Waals surface area contributed by atoms with E-state index >= 15 is 0 Å². The minimum atomic E-state index is -0.590. The third kappa shape index (κ3) is 3.51. The Morgan fingerprint density at radius 3 is 2.67 bits per heavy atom. The van der Waals surface area contributed by atoms with Gasteiger partial charge in [0.25, 0.3) is 11.6 Å². The summed E-state index contributed by atoms with van der Waals surface area (Å²) in [5, 5.41) is 13.8. The van der Waals surface area contributed by atoms with Crippen molar-refractivity contribution >= 4 is 11.6 Å². The number of hydrogen-bond acceptors (Lipinski definition) is 4. The van der Waals surface area contributed by atoms with Gasteiger partial charge in [0.05, 0.1) is 18.1 Å². The van der Waals surface area contributed by atoms with Crippen molar-refractivity contribution in [3.63, 3.8) is 0 Å². The zero-order chi connectivity index (χ0) is 17.9. The van der Waals surface area contributed by atoms with Crippen LogP contribution in [0, 0.1) is 22.9 Å². The molecule has 24 heavy (non-hydrogen) atoms. The number of ether oxygens (including phenoxy) is 1. The number of nitrogens with zero attached hydrogens (tertiary/aromatic N) is 1. The van der Waals surface area contributed by atoms with E-state index in [0.717, 1.165) is 0 Å². The predicted molar refractivity (Wildman–Crippen MR) is 86.7 cm³/mol. The van der Waals surface area contributed by atoms with E-state index in [4.69, 9.17) is 4.74 Å². The topological polar surface area (TPSA) is 81.5 Å². The maximum Gasteiger partial charge on any atom is 0.282 e. The average molecular weight is 332 g/mol. The van der Waals surface area contributed by atoms with Crippen LogP contribution in [0.15, 0.2) is 36.4 Å². The molecule has 0 aliphatic heterocycles. The van der Waals surface area contributed by atoms with Crippen LogP contribution in [-0.2, 0) is 0 Å². The van der Waals surface area contributed by atoms with Crippen molar-refractivity contribution in [3.8, 4) is 5.75 Å². The molecule has 1 unspecified atom stereocenters. The van der Waals surface area contributed by atoms with Crippen molar-refractivity contribution in [2.45, 2.75) is 19.9 Å². The van der Waals surface area contributed by atoms with Crippen LogP contribution in [0.2, 0.25) is 0 Å². The lowest BCUT2D eigenvalue weighted by Gasteiger charge is -2.16. The fourth-order valence-corrected chi connectivity index (χ4v) is 2.40. The Morgan fingerprint density at radius 2 is 2.04 bits per heavy atom. The number of carbonyl (C=O) groups excluding carboxylic acids is 1. The molecule has 0 aliphatic rings. The van der Waals surface area contributed by atoms with Gasteiger partial charge in [-0.2, -0.15) is 0 Å². The number of halogens is 1. The minimum Gasteiger partial charge on any atom is -0.494 e. The molecule has 1 amide bonds. The molecule has 0 heterocycles. The lowest BCUT2D eigenvalue weighted by Crippen LogP contribution is -2.28. The highest BCUT2D eigenvalue weighted by molar-refractivity contribution is 5.99. The fourth-order valence-electron chi connectivity index (χ4n) is 2.40. The van der Waals surface area contributed by atoms with Gasteiger partial charge in [0, 0.05) is 6.07 Å². The number of hydrogen-bond donors (Lipinski definition) is 1. The van der Waals surface area contributed by atoms with Crippen LogP contribution in [0.1, 0.15) is 34.5 Å². The number of nitro benzene ring substituents is 1. The Labute approximate surface area is 138 Å². The summed E-state index contributed by atoms with van der Waals surface area (Å²) in [4.78, 5) is 23.0. The number of carbonyl (C=O) groups is 1. The number of rotatable bonds is 5. The van der Waals surface area contributed by atoms with E-state index in [1.165, 1.54) is 37.4 Å². The summed E-state index contributed by atoms with van der Waals surface area (Å²) in [6.45, 7) is 3.34. The van der Waals surface area contributed by atoms with E-state index in [9.17, 15) is 19.3 Å². The number of nitrogens with one attached hydrogen (secondary N) is 1. The zero-order valence-corrected chi connectivity index (χ0v) is 13.5. The van der Waals surface area contributed by atoms with Gasteiger partial charge >= 0.3 is 0 Å². The maximum atomic E-state index is 13.5. The molecule has 1 atom stereocenters. The summed E-state index contributed by atoms with van der Waals surface area (Å²) in [6, 6.07) is 8.21. The van der Waals surface area contributed by atoms with Crippen LogP contribution in [0.4, 0.5) is 10.1 Å². The Hall–Kier alpha value is -2.96. The average Bonchev–Trinajstić information content (AvgIpc) is 2.54. The van der Waals surface area contributed by atoms with E-state index in [0.29, 0.717) is 11.1 Å². The van der Waals surface area contributed by atoms with Crippen LogP contribution >= 0.6 is 0 Å². The molecule has 7 heteroatoms. The summed E-state index contributed by atoms with van der Waals surface area (Å²) in [5.41, 5.74) is 0.892. The highest BCUT2D eigenvalue weighted by Crippen LogP contribution is 2.25. The molecule has 0 aromatic heterocycles. The highest BCUT2D eigenvalue weighted by atomic mass is 19.1. The van der Waals surface area contributed by atoms with Crippen molar-refractivity contribution in [1.82, 2.24) is 5.32 Å². The molecule has 6 nitrogen and oxygen atoms in total.